The number of carbonyl (C=O) groups excluding carboxylic acids is 1. The molecule has 0 aliphatic heterocycles. The van der Waals surface area contributed by atoms with E-state index in [9.17, 15) is 4.79 Å². The first-order valence-electron chi connectivity index (χ1n) is 9.52. The number of benzene rings is 2. The van der Waals surface area contributed by atoms with Crippen LogP contribution in [0.4, 0.5) is 0 Å². The molecule has 2 aromatic carbocycles. The standard InChI is InChI=1S/C22H25N3O/c1-16-11-13-17(14-12-16)22-24-19-9-5-6-10-20(19)25(22)15-21(26)23-18-7-3-2-4-8-18/h5-6,9-14,18H,2-4,7-8,15H2,1H3,(H,23,26). The Balaban J connectivity index is 1.65. The van der Waals surface area contributed by atoms with E-state index >= 15 is 0 Å². The highest BCUT2D eigenvalue weighted by Crippen LogP contribution is 2.25. The molecule has 3 aromatic rings. The number of imidazole rings is 1. The van der Waals surface area contributed by atoms with E-state index in [1.165, 1.54) is 24.8 Å². The van der Waals surface area contributed by atoms with Gasteiger partial charge in [0.25, 0.3) is 0 Å². The Labute approximate surface area is 154 Å². The molecule has 1 saturated carbocycles. The average molecular weight is 347 g/mol. The Kier molecular flexibility index (Phi) is 4.74. The topological polar surface area (TPSA) is 46.9 Å². The second-order valence-electron chi connectivity index (χ2n) is 7.28. The van der Waals surface area contributed by atoms with Gasteiger partial charge < -0.3 is 9.88 Å². The maximum atomic E-state index is 12.7. The van der Waals surface area contributed by atoms with Crippen molar-refractivity contribution in [2.45, 2.75) is 51.6 Å². The van der Waals surface area contributed by atoms with Crippen LogP contribution in [-0.2, 0) is 11.3 Å². The first-order valence-corrected chi connectivity index (χ1v) is 9.52. The second kappa shape index (κ2) is 7.32. The minimum atomic E-state index is 0.0772. The van der Waals surface area contributed by atoms with E-state index in [0.29, 0.717) is 12.6 Å². The lowest BCUT2D eigenvalue weighted by Gasteiger charge is -2.23. The number of hydrogen-bond donors (Lipinski definition) is 1. The number of nitrogens with zero attached hydrogens (tertiary/aromatic N) is 2. The summed E-state index contributed by atoms with van der Waals surface area (Å²) in [5.41, 5.74) is 4.18. The van der Waals surface area contributed by atoms with Gasteiger partial charge in [0, 0.05) is 11.6 Å². The van der Waals surface area contributed by atoms with Crippen molar-refractivity contribution in [2.75, 3.05) is 0 Å². The minimum Gasteiger partial charge on any atom is -0.352 e. The molecule has 1 aliphatic carbocycles. The van der Waals surface area contributed by atoms with Crippen LogP contribution in [0.5, 0.6) is 0 Å². The molecule has 0 saturated heterocycles. The lowest BCUT2D eigenvalue weighted by atomic mass is 9.95. The summed E-state index contributed by atoms with van der Waals surface area (Å²) in [6, 6.07) is 16.7. The zero-order chi connectivity index (χ0) is 17.9. The number of fused-ring (bicyclic) bond motifs is 1. The van der Waals surface area contributed by atoms with Crippen LogP contribution in [0, 0.1) is 6.92 Å². The molecule has 1 fully saturated rings. The highest BCUT2D eigenvalue weighted by molar-refractivity contribution is 5.84. The van der Waals surface area contributed by atoms with Gasteiger partial charge in [0.2, 0.25) is 5.91 Å². The molecule has 0 bridgehead atoms. The average Bonchev–Trinajstić information content (AvgIpc) is 3.02. The number of nitrogens with one attached hydrogen (secondary N) is 1. The Morgan fingerprint density at radius 2 is 1.81 bits per heavy atom. The fourth-order valence-corrected chi connectivity index (χ4v) is 3.82. The lowest BCUT2D eigenvalue weighted by Crippen LogP contribution is -2.38. The number of aryl methyl sites for hydroxylation is 1. The van der Waals surface area contributed by atoms with Crippen molar-refractivity contribution < 1.29 is 4.79 Å². The van der Waals surface area contributed by atoms with E-state index in [4.69, 9.17) is 4.98 Å². The van der Waals surface area contributed by atoms with E-state index < -0.39 is 0 Å². The van der Waals surface area contributed by atoms with Crippen molar-refractivity contribution in [3.8, 4) is 11.4 Å². The first-order chi connectivity index (χ1) is 12.7. The van der Waals surface area contributed by atoms with E-state index in [-0.39, 0.29) is 5.91 Å². The molecular weight excluding hydrogens is 322 g/mol. The largest absolute Gasteiger partial charge is 0.352 e. The zero-order valence-electron chi connectivity index (χ0n) is 15.2. The fraction of sp³-hybridized carbons (Fsp3) is 0.364. The molecule has 4 nitrogen and oxygen atoms in total. The molecular formula is C22H25N3O. The van der Waals surface area contributed by atoms with Crippen LogP contribution in [0.1, 0.15) is 37.7 Å². The monoisotopic (exact) mass is 347 g/mol. The summed E-state index contributed by atoms with van der Waals surface area (Å²) in [4.78, 5) is 17.5. The third kappa shape index (κ3) is 3.50. The number of para-hydroxylation sites is 2. The smallest absolute Gasteiger partial charge is 0.240 e. The Morgan fingerprint density at radius 1 is 1.08 bits per heavy atom. The van der Waals surface area contributed by atoms with Crippen LogP contribution in [0.3, 0.4) is 0 Å². The number of amides is 1. The molecule has 1 aromatic heterocycles. The minimum absolute atomic E-state index is 0.0772. The molecule has 0 radical (unpaired) electrons. The molecule has 4 heteroatoms. The summed E-state index contributed by atoms with van der Waals surface area (Å²) in [7, 11) is 0. The summed E-state index contributed by atoms with van der Waals surface area (Å²) in [5, 5.41) is 3.22. The van der Waals surface area contributed by atoms with Gasteiger partial charge in [-0.25, -0.2) is 4.98 Å². The first kappa shape index (κ1) is 16.8. The molecule has 26 heavy (non-hydrogen) atoms. The van der Waals surface area contributed by atoms with Gasteiger partial charge in [-0.05, 0) is 31.9 Å². The van der Waals surface area contributed by atoms with Crippen molar-refractivity contribution >= 4 is 16.9 Å². The van der Waals surface area contributed by atoms with Gasteiger partial charge in [-0.3, -0.25) is 4.79 Å². The van der Waals surface area contributed by atoms with E-state index in [1.807, 2.05) is 28.8 Å². The molecule has 0 spiro atoms. The Morgan fingerprint density at radius 3 is 2.58 bits per heavy atom. The van der Waals surface area contributed by atoms with Gasteiger partial charge in [-0.2, -0.15) is 0 Å². The van der Waals surface area contributed by atoms with Gasteiger partial charge in [-0.15, -0.1) is 0 Å². The van der Waals surface area contributed by atoms with Crippen molar-refractivity contribution in [3.63, 3.8) is 0 Å². The van der Waals surface area contributed by atoms with Crippen molar-refractivity contribution in [1.29, 1.82) is 0 Å². The van der Waals surface area contributed by atoms with Crippen LogP contribution in [0.2, 0.25) is 0 Å². The SMILES string of the molecule is Cc1ccc(-c2nc3ccccc3n2CC(=O)NC2CCCCC2)cc1. The molecule has 4 rings (SSSR count). The van der Waals surface area contributed by atoms with Crippen molar-refractivity contribution in [2.24, 2.45) is 0 Å². The van der Waals surface area contributed by atoms with Crippen LogP contribution in [0.25, 0.3) is 22.4 Å². The zero-order valence-corrected chi connectivity index (χ0v) is 15.2. The van der Waals surface area contributed by atoms with Crippen molar-refractivity contribution in [3.05, 3.63) is 54.1 Å². The normalized spacial score (nSPS) is 15.3. The van der Waals surface area contributed by atoms with Crippen LogP contribution < -0.4 is 5.32 Å². The van der Waals surface area contributed by atoms with E-state index in [2.05, 4.69) is 36.5 Å². The molecule has 134 valence electrons. The van der Waals surface area contributed by atoms with Crippen molar-refractivity contribution in [1.82, 2.24) is 14.9 Å². The molecule has 0 atom stereocenters. The fourth-order valence-electron chi connectivity index (χ4n) is 3.82. The molecule has 1 aliphatic rings. The lowest BCUT2D eigenvalue weighted by molar-refractivity contribution is -0.122. The molecule has 1 amide bonds. The third-order valence-electron chi connectivity index (χ3n) is 5.24. The van der Waals surface area contributed by atoms with Gasteiger partial charge >= 0.3 is 0 Å². The quantitative estimate of drug-likeness (QED) is 0.757. The number of rotatable bonds is 4. The summed E-state index contributed by atoms with van der Waals surface area (Å²) in [6.45, 7) is 2.38. The number of hydrogen-bond acceptors (Lipinski definition) is 2. The molecule has 1 heterocycles. The maximum Gasteiger partial charge on any atom is 0.240 e. The summed E-state index contributed by atoms with van der Waals surface area (Å²) in [6.07, 6.45) is 5.92. The number of aromatic nitrogens is 2. The maximum absolute atomic E-state index is 12.7. The predicted octanol–water partition coefficient (Wildman–Crippen LogP) is 4.46. The van der Waals surface area contributed by atoms with Gasteiger partial charge in [0.1, 0.15) is 12.4 Å². The molecule has 1 N–H and O–H groups in total. The number of carbonyl (C=O) groups is 1. The third-order valence-corrected chi connectivity index (χ3v) is 5.24. The highest BCUT2D eigenvalue weighted by Gasteiger charge is 2.19. The molecule has 0 unspecified atom stereocenters. The van der Waals surface area contributed by atoms with Crippen LogP contribution in [0.15, 0.2) is 48.5 Å². The Hall–Kier alpha value is -2.62. The van der Waals surface area contributed by atoms with Crippen LogP contribution >= 0.6 is 0 Å². The van der Waals surface area contributed by atoms with Gasteiger partial charge in [-0.1, -0.05) is 61.2 Å². The Bertz CT molecular complexity index is 905. The van der Waals surface area contributed by atoms with Gasteiger partial charge in [0.05, 0.1) is 11.0 Å². The van der Waals surface area contributed by atoms with E-state index in [0.717, 1.165) is 35.3 Å². The van der Waals surface area contributed by atoms with Gasteiger partial charge in [0.15, 0.2) is 0 Å². The summed E-state index contributed by atoms with van der Waals surface area (Å²) >= 11 is 0. The highest BCUT2D eigenvalue weighted by atomic mass is 16.2. The predicted molar refractivity (Wildman–Crippen MR) is 105 cm³/mol. The summed E-state index contributed by atoms with van der Waals surface area (Å²) in [5.74, 6) is 0.929. The summed E-state index contributed by atoms with van der Waals surface area (Å²) < 4.78 is 2.04. The second-order valence-corrected chi connectivity index (χ2v) is 7.28. The van der Waals surface area contributed by atoms with Crippen LogP contribution in [-0.4, -0.2) is 21.5 Å². The van der Waals surface area contributed by atoms with E-state index in [1.54, 1.807) is 0 Å².